The lowest BCUT2D eigenvalue weighted by Gasteiger charge is -2.02. The van der Waals surface area contributed by atoms with E-state index >= 15 is 0 Å². The van der Waals surface area contributed by atoms with Crippen LogP contribution < -0.4 is 0 Å². The molecule has 2 aromatic rings. The van der Waals surface area contributed by atoms with Crippen LogP contribution in [0.5, 0.6) is 5.75 Å². The van der Waals surface area contributed by atoms with Crippen molar-refractivity contribution in [2.45, 2.75) is 17.6 Å². The second kappa shape index (κ2) is 5.03. The van der Waals surface area contributed by atoms with Gasteiger partial charge in [0.15, 0.2) is 0 Å². The van der Waals surface area contributed by atoms with Crippen LogP contribution in [-0.2, 0) is 5.75 Å². The van der Waals surface area contributed by atoms with E-state index in [1.54, 1.807) is 23.9 Å². The van der Waals surface area contributed by atoms with Gasteiger partial charge < -0.3 is 5.11 Å². The van der Waals surface area contributed by atoms with Crippen LogP contribution in [0.2, 0.25) is 0 Å². The summed E-state index contributed by atoms with van der Waals surface area (Å²) < 4.78 is 0. The van der Waals surface area contributed by atoms with Gasteiger partial charge in [-0.3, -0.25) is 4.98 Å². The van der Waals surface area contributed by atoms with Crippen LogP contribution in [0.25, 0.3) is 0 Å². The van der Waals surface area contributed by atoms with Gasteiger partial charge in [-0.2, -0.15) is 0 Å². The summed E-state index contributed by atoms with van der Waals surface area (Å²) >= 11 is 1.74. The molecule has 0 amide bonds. The normalized spacial score (nSPS) is 10.3. The Kier molecular flexibility index (Phi) is 3.47. The van der Waals surface area contributed by atoms with Crippen molar-refractivity contribution in [2.24, 2.45) is 0 Å². The molecule has 0 radical (unpaired) electrons. The predicted octanol–water partition coefficient (Wildman–Crippen LogP) is 3.39. The van der Waals surface area contributed by atoms with Crippen molar-refractivity contribution >= 4 is 11.8 Å². The smallest absolute Gasteiger partial charge is 0.115 e. The number of aromatic nitrogens is 1. The van der Waals surface area contributed by atoms with Crippen LogP contribution in [0.1, 0.15) is 11.1 Å². The van der Waals surface area contributed by atoms with Gasteiger partial charge in [0.05, 0.1) is 0 Å². The van der Waals surface area contributed by atoms with Gasteiger partial charge in [-0.25, -0.2) is 0 Å². The van der Waals surface area contributed by atoms with Crippen LogP contribution in [-0.4, -0.2) is 10.1 Å². The number of rotatable bonds is 3. The summed E-state index contributed by atoms with van der Waals surface area (Å²) in [5.74, 6) is 1.21. The van der Waals surface area contributed by atoms with E-state index in [1.165, 1.54) is 11.1 Å². The highest BCUT2D eigenvalue weighted by Gasteiger charge is 1.97. The Labute approximate surface area is 99.4 Å². The van der Waals surface area contributed by atoms with Crippen molar-refractivity contribution < 1.29 is 5.11 Å². The van der Waals surface area contributed by atoms with Gasteiger partial charge in [0.25, 0.3) is 0 Å². The first-order valence-corrected chi connectivity index (χ1v) is 6.05. The summed E-state index contributed by atoms with van der Waals surface area (Å²) in [7, 11) is 0. The van der Waals surface area contributed by atoms with Crippen molar-refractivity contribution in [3.8, 4) is 5.75 Å². The lowest BCUT2D eigenvalue weighted by atomic mass is 10.2. The maximum absolute atomic E-state index is 9.16. The summed E-state index contributed by atoms with van der Waals surface area (Å²) in [6.45, 7) is 2.04. The number of hydrogen-bond acceptors (Lipinski definition) is 3. The van der Waals surface area contributed by atoms with E-state index in [9.17, 15) is 0 Å². The molecule has 82 valence electrons. The zero-order chi connectivity index (χ0) is 11.4. The minimum atomic E-state index is 0.307. The summed E-state index contributed by atoms with van der Waals surface area (Å²) in [5.41, 5.74) is 2.40. The summed E-state index contributed by atoms with van der Waals surface area (Å²) in [6.07, 6.45) is 3.75. The van der Waals surface area contributed by atoms with Gasteiger partial charge in [-0.1, -0.05) is 6.07 Å². The third-order valence-electron chi connectivity index (χ3n) is 2.17. The Morgan fingerprint density at radius 1 is 1.19 bits per heavy atom. The van der Waals surface area contributed by atoms with Gasteiger partial charge in [-0.05, 0) is 42.3 Å². The third-order valence-corrected chi connectivity index (χ3v) is 3.26. The summed E-state index contributed by atoms with van der Waals surface area (Å²) in [6, 6.07) is 9.39. The SMILES string of the molecule is Cc1cncc(CSc2ccc(O)cc2)c1. The zero-order valence-electron chi connectivity index (χ0n) is 9.05. The van der Waals surface area contributed by atoms with Crippen LogP contribution in [0, 0.1) is 6.92 Å². The van der Waals surface area contributed by atoms with Gasteiger partial charge in [-0.15, -0.1) is 11.8 Å². The number of pyridine rings is 1. The predicted molar refractivity (Wildman–Crippen MR) is 66.6 cm³/mol. The number of benzene rings is 1. The number of aromatic hydroxyl groups is 1. The Morgan fingerprint density at radius 2 is 1.94 bits per heavy atom. The molecular weight excluding hydrogens is 218 g/mol. The van der Waals surface area contributed by atoms with E-state index in [-0.39, 0.29) is 0 Å². The Hall–Kier alpha value is -1.48. The molecule has 0 aliphatic rings. The average molecular weight is 231 g/mol. The van der Waals surface area contributed by atoms with Crippen molar-refractivity contribution in [3.05, 3.63) is 53.9 Å². The molecule has 16 heavy (non-hydrogen) atoms. The molecular formula is C13H13NOS. The third kappa shape index (κ3) is 3.00. The fourth-order valence-corrected chi connectivity index (χ4v) is 2.23. The molecule has 0 atom stereocenters. The van der Waals surface area contributed by atoms with Crippen molar-refractivity contribution in [2.75, 3.05) is 0 Å². The van der Waals surface area contributed by atoms with E-state index < -0.39 is 0 Å². The number of phenolic OH excluding ortho intramolecular Hbond substituents is 1. The molecule has 2 rings (SSSR count). The molecule has 1 heterocycles. The zero-order valence-corrected chi connectivity index (χ0v) is 9.87. The van der Waals surface area contributed by atoms with Gasteiger partial charge >= 0.3 is 0 Å². The Balaban J connectivity index is 1.99. The highest BCUT2D eigenvalue weighted by molar-refractivity contribution is 7.98. The molecule has 0 unspecified atom stereocenters. The Morgan fingerprint density at radius 3 is 2.62 bits per heavy atom. The largest absolute Gasteiger partial charge is 0.508 e. The number of thioether (sulfide) groups is 1. The van der Waals surface area contributed by atoms with Gasteiger partial charge in [0.2, 0.25) is 0 Å². The fraction of sp³-hybridized carbons (Fsp3) is 0.154. The lowest BCUT2D eigenvalue weighted by Crippen LogP contribution is -1.84. The van der Waals surface area contributed by atoms with E-state index in [0.717, 1.165) is 10.6 Å². The molecule has 0 aliphatic carbocycles. The van der Waals surface area contributed by atoms with E-state index in [1.807, 2.05) is 31.5 Å². The maximum Gasteiger partial charge on any atom is 0.115 e. The van der Waals surface area contributed by atoms with Crippen LogP contribution in [0.15, 0.2) is 47.6 Å². The standard InChI is InChI=1S/C13H13NOS/c1-10-6-11(8-14-7-10)9-16-13-4-2-12(15)3-5-13/h2-8,15H,9H2,1H3. The van der Waals surface area contributed by atoms with E-state index in [0.29, 0.717) is 5.75 Å². The lowest BCUT2D eigenvalue weighted by molar-refractivity contribution is 0.475. The highest BCUT2D eigenvalue weighted by atomic mass is 32.2. The molecule has 0 fully saturated rings. The van der Waals surface area contributed by atoms with Crippen molar-refractivity contribution in [1.82, 2.24) is 4.98 Å². The molecule has 0 bridgehead atoms. The van der Waals surface area contributed by atoms with E-state index in [2.05, 4.69) is 11.1 Å². The number of nitrogens with zero attached hydrogens (tertiary/aromatic N) is 1. The molecule has 1 aromatic carbocycles. The topological polar surface area (TPSA) is 33.1 Å². The number of aryl methyl sites for hydroxylation is 1. The van der Waals surface area contributed by atoms with Crippen molar-refractivity contribution in [3.63, 3.8) is 0 Å². The van der Waals surface area contributed by atoms with E-state index in [4.69, 9.17) is 5.11 Å². The second-order valence-electron chi connectivity index (χ2n) is 3.65. The molecule has 0 aliphatic heterocycles. The first kappa shape index (κ1) is 11.0. The maximum atomic E-state index is 9.16. The minimum absolute atomic E-state index is 0.307. The molecule has 2 nitrogen and oxygen atoms in total. The number of hydrogen-bond donors (Lipinski definition) is 1. The Bertz CT molecular complexity index is 468. The quantitative estimate of drug-likeness (QED) is 0.822. The minimum Gasteiger partial charge on any atom is -0.508 e. The average Bonchev–Trinajstić information content (AvgIpc) is 2.28. The first-order valence-electron chi connectivity index (χ1n) is 5.06. The highest BCUT2D eigenvalue weighted by Crippen LogP contribution is 2.24. The number of phenols is 1. The first-order chi connectivity index (χ1) is 7.74. The molecule has 0 saturated heterocycles. The molecule has 1 aromatic heterocycles. The molecule has 0 saturated carbocycles. The van der Waals surface area contributed by atoms with Gasteiger partial charge in [0.1, 0.15) is 5.75 Å². The second-order valence-corrected chi connectivity index (χ2v) is 4.70. The van der Waals surface area contributed by atoms with Crippen molar-refractivity contribution in [1.29, 1.82) is 0 Å². The molecule has 0 spiro atoms. The van der Waals surface area contributed by atoms with Crippen LogP contribution >= 0.6 is 11.8 Å². The fourth-order valence-electron chi connectivity index (χ4n) is 1.41. The van der Waals surface area contributed by atoms with Crippen LogP contribution in [0.3, 0.4) is 0 Å². The molecule has 1 N–H and O–H groups in total. The monoisotopic (exact) mass is 231 g/mol. The van der Waals surface area contributed by atoms with Crippen LogP contribution in [0.4, 0.5) is 0 Å². The summed E-state index contributed by atoms with van der Waals surface area (Å²) in [5, 5.41) is 9.16. The molecule has 3 heteroatoms. The van der Waals surface area contributed by atoms with Gasteiger partial charge in [0, 0.05) is 23.0 Å². The summed E-state index contributed by atoms with van der Waals surface area (Å²) in [4.78, 5) is 5.31.